The van der Waals surface area contributed by atoms with Crippen molar-refractivity contribution >= 4 is 23.2 Å². The highest BCUT2D eigenvalue weighted by Crippen LogP contribution is 2.69. The summed E-state index contributed by atoms with van der Waals surface area (Å²) < 4.78 is 0. The van der Waals surface area contributed by atoms with Crippen LogP contribution in [-0.2, 0) is 20.8 Å². The molecule has 0 saturated heterocycles. The van der Waals surface area contributed by atoms with Gasteiger partial charge in [-0.2, -0.15) is 0 Å². The molecule has 4 heteroatoms. The van der Waals surface area contributed by atoms with E-state index in [0.29, 0.717) is 12.8 Å². The minimum absolute atomic E-state index is 0.00966. The fraction of sp³-hybridized carbons (Fsp3) is 0.550. The molecule has 2 fully saturated rings. The van der Waals surface area contributed by atoms with E-state index in [9.17, 15) is 14.4 Å². The van der Waals surface area contributed by atoms with Gasteiger partial charge in [-0.15, -0.1) is 0 Å². The summed E-state index contributed by atoms with van der Waals surface area (Å²) >= 11 is 0. The Kier molecular flexibility index (Phi) is 2.82. The Morgan fingerprint density at radius 3 is 2.38 bits per heavy atom. The van der Waals surface area contributed by atoms with Crippen LogP contribution in [0.5, 0.6) is 0 Å². The van der Waals surface area contributed by atoms with Crippen LogP contribution in [0.4, 0.5) is 5.69 Å². The highest BCUT2D eigenvalue weighted by molar-refractivity contribution is 6.49. The molecule has 2 bridgehead atoms. The molecule has 126 valence electrons. The second-order valence-electron chi connectivity index (χ2n) is 8.38. The van der Waals surface area contributed by atoms with Crippen molar-refractivity contribution in [2.24, 2.45) is 16.2 Å². The first-order valence-corrected chi connectivity index (χ1v) is 8.69. The van der Waals surface area contributed by atoms with Gasteiger partial charge in [-0.3, -0.25) is 14.4 Å². The standard InChI is InChI=1S/C20H23NO3/c1-12-11-13-7-5-6-8-14(13)21(12)17(24)20-10-9-19(4,18(20,2)3)15(22)16(20)23/h5-8,12H,9-11H2,1-4H3. The zero-order valence-electron chi connectivity index (χ0n) is 14.7. The molecule has 4 rings (SSSR count). The molecule has 3 atom stereocenters. The van der Waals surface area contributed by atoms with Crippen LogP contribution in [0.25, 0.3) is 0 Å². The molecule has 2 saturated carbocycles. The van der Waals surface area contributed by atoms with E-state index in [1.807, 2.05) is 52.0 Å². The lowest BCUT2D eigenvalue weighted by Gasteiger charge is -2.40. The molecular formula is C20H23NO3. The summed E-state index contributed by atoms with van der Waals surface area (Å²) in [6.07, 6.45) is 1.88. The Bertz CT molecular complexity index is 796. The summed E-state index contributed by atoms with van der Waals surface area (Å²) in [5.74, 6) is -1.00. The quantitative estimate of drug-likeness (QED) is 0.589. The Hall–Kier alpha value is -1.97. The Labute approximate surface area is 142 Å². The average Bonchev–Trinajstić information content (AvgIpc) is 3.01. The Balaban J connectivity index is 1.86. The van der Waals surface area contributed by atoms with Crippen LogP contribution in [0.1, 0.15) is 46.1 Å². The van der Waals surface area contributed by atoms with E-state index < -0.39 is 22.0 Å². The number of carbonyl (C=O) groups excluding carboxylic acids is 3. The second-order valence-corrected chi connectivity index (χ2v) is 8.38. The molecular weight excluding hydrogens is 302 g/mol. The van der Waals surface area contributed by atoms with Crippen LogP contribution in [0.2, 0.25) is 0 Å². The van der Waals surface area contributed by atoms with Crippen LogP contribution in [0.15, 0.2) is 24.3 Å². The van der Waals surface area contributed by atoms with Crippen LogP contribution < -0.4 is 4.90 Å². The predicted octanol–water partition coefficient (Wildman–Crippen LogP) is 2.93. The summed E-state index contributed by atoms with van der Waals surface area (Å²) in [7, 11) is 0. The van der Waals surface area contributed by atoms with Crippen molar-refractivity contribution < 1.29 is 14.4 Å². The van der Waals surface area contributed by atoms with Gasteiger partial charge in [0, 0.05) is 17.1 Å². The SMILES string of the molecule is CC1Cc2ccccc2N1C(=O)C12CCC(C)(C(=O)C1=O)C2(C)C. The van der Waals surface area contributed by atoms with Crippen molar-refractivity contribution in [2.75, 3.05) is 4.90 Å². The number of amides is 1. The lowest BCUT2D eigenvalue weighted by Crippen LogP contribution is -2.54. The van der Waals surface area contributed by atoms with E-state index in [-0.39, 0.29) is 17.7 Å². The molecule has 0 N–H and O–H groups in total. The molecule has 3 aliphatic rings. The minimum atomic E-state index is -1.20. The Morgan fingerprint density at radius 1 is 1.08 bits per heavy atom. The van der Waals surface area contributed by atoms with Crippen LogP contribution in [0, 0.1) is 16.2 Å². The Morgan fingerprint density at radius 2 is 1.75 bits per heavy atom. The smallest absolute Gasteiger partial charge is 0.242 e. The molecule has 4 nitrogen and oxygen atoms in total. The molecule has 24 heavy (non-hydrogen) atoms. The molecule has 0 spiro atoms. The summed E-state index contributed by atoms with van der Waals surface area (Å²) in [5, 5.41) is 0. The van der Waals surface area contributed by atoms with Gasteiger partial charge in [0.15, 0.2) is 0 Å². The third-order valence-electron chi connectivity index (χ3n) is 7.33. The second kappa shape index (κ2) is 4.35. The van der Waals surface area contributed by atoms with E-state index in [4.69, 9.17) is 0 Å². The fourth-order valence-corrected chi connectivity index (χ4v) is 5.32. The molecule has 2 aliphatic carbocycles. The number of anilines is 1. The maximum atomic E-state index is 13.7. The summed E-state index contributed by atoms with van der Waals surface area (Å²) in [6, 6.07) is 7.87. The monoisotopic (exact) mass is 325 g/mol. The highest BCUT2D eigenvalue weighted by Gasteiger charge is 2.78. The number of nitrogens with zero attached hydrogens (tertiary/aromatic N) is 1. The summed E-state index contributed by atoms with van der Waals surface area (Å²) in [6.45, 7) is 7.72. The maximum Gasteiger partial charge on any atom is 0.242 e. The van der Waals surface area contributed by atoms with E-state index in [1.165, 1.54) is 0 Å². The molecule has 1 aromatic rings. The largest absolute Gasteiger partial charge is 0.308 e. The number of ketones is 2. The first kappa shape index (κ1) is 15.6. The zero-order chi connectivity index (χ0) is 17.5. The molecule has 1 aromatic carbocycles. The van der Waals surface area contributed by atoms with Gasteiger partial charge in [0.1, 0.15) is 5.41 Å². The van der Waals surface area contributed by atoms with Gasteiger partial charge >= 0.3 is 0 Å². The summed E-state index contributed by atoms with van der Waals surface area (Å²) in [5.41, 5.74) is -0.555. The van der Waals surface area contributed by atoms with Gasteiger partial charge < -0.3 is 4.90 Å². The molecule has 1 aliphatic heterocycles. The highest BCUT2D eigenvalue weighted by atomic mass is 16.2. The number of fused-ring (bicyclic) bond motifs is 3. The van der Waals surface area contributed by atoms with Crippen LogP contribution in [0.3, 0.4) is 0 Å². The topological polar surface area (TPSA) is 54.5 Å². The van der Waals surface area contributed by atoms with Crippen LogP contribution in [-0.4, -0.2) is 23.5 Å². The first-order chi connectivity index (χ1) is 11.2. The van der Waals surface area contributed by atoms with Crippen molar-refractivity contribution in [1.29, 1.82) is 0 Å². The van der Waals surface area contributed by atoms with Crippen molar-refractivity contribution in [3.05, 3.63) is 29.8 Å². The number of benzene rings is 1. The third kappa shape index (κ3) is 1.40. The van der Waals surface area contributed by atoms with Gasteiger partial charge in [0.25, 0.3) is 0 Å². The minimum Gasteiger partial charge on any atom is -0.308 e. The number of para-hydroxylation sites is 1. The number of carbonyl (C=O) groups is 3. The molecule has 1 amide bonds. The van der Waals surface area contributed by atoms with Gasteiger partial charge in [0.2, 0.25) is 17.5 Å². The van der Waals surface area contributed by atoms with E-state index in [1.54, 1.807) is 4.90 Å². The number of hydrogen-bond donors (Lipinski definition) is 0. The molecule has 3 unspecified atom stereocenters. The van der Waals surface area contributed by atoms with Gasteiger partial charge in [-0.05, 0) is 43.2 Å². The van der Waals surface area contributed by atoms with Crippen molar-refractivity contribution in [3.63, 3.8) is 0 Å². The third-order valence-corrected chi connectivity index (χ3v) is 7.33. The van der Waals surface area contributed by atoms with Crippen LogP contribution >= 0.6 is 0 Å². The first-order valence-electron chi connectivity index (χ1n) is 8.69. The molecule has 0 aromatic heterocycles. The van der Waals surface area contributed by atoms with Crippen molar-refractivity contribution in [3.8, 4) is 0 Å². The van der Waals surface area contributed by atoms with Crippen molar-refractivity contribution in [1.82, 2.24) is 0 Å². The normalized spacial score (nSPS) is 36.3. The average molecular weight is 325 g/mol. The molecule has 0 radical (unpaired) electrons. The fourth-order valence-electron chi connectivity index (χ4n) is 5.32. The zero-order valence-corrected chi connectivity index (χ0v) is 14.7. The van der Waals surface area contributed by atoms with Crippen molar-refractivity contribution in [2.45, 2.75) is 53.0 Å². The molecule has 1 heterocycles. The van der Waals surface area contributed by atoms with E-state index in [2.05, 4.69) is 0 Å². The lowest BCUT2D eigenvalue weighted by atomic mass is 9.64. The van der Waals surface area contributed by atoms with E-state index in [0.717, 1.165) is 17.7 Å². The number of rotatable bonds is 1. The predicted molar refractivity (Wildman–Crippen MR) is 90.7 cm³/mol. The van der Waals surface area contributed by atoms with Gasteiger partial charge in [-0.25, -0.2) is 0 Å². The van der Waals surface area contributed by atoms with Gasteiger partial charge in [0.05, 0.1) is 0 Å². The lowest BCUT2D eigenvalue weighted by molar-refractivity contribution is -0.148. The number of Topliss-reactive ketones (excluding diaryl/α,β-unsaturated/α-hetero) is 2. The van der Waals surface area contributed by atoms with E-state index >= 15 is 0 Å². The summed E-state index contributed by atoms with van der Waals surface area (Å²) in [4.78, 5) is 41.0. The van der Waals surface area contributed by atoms with Gasteiger partial charge in [-0.1, -0.05) is 39.0 Å². The maximum absolute atomic E-state index is 13.7. The number of hydrogen-bond acceptors (Lipinski definition) is 3.